The zero-order chi connectivity index (χ0) is 24.5. The molecule has 6 nitrogen and oxygen atoms in total. The van der Waals surface area contributed by atoms with Crippen LogP contribution in [0.25, 0.3) is 22.0 Å². The molecular weight excluding hydrogens is 466 g/mol. The topological polar surface area (TPSA) is 58.9 Å². The highest BCUT2D eigenvalue weighted by molar-refractivity contribution is 6.31. The lowest BCUT2D eigenvalue weighted by atomic mass is 10.0. The molecule has 4 aromatic rings. The number of rotatable bonds is 7. The van der Waals surface area contributed by atoms with Gasteiger partial charge >= 0.3 is 5.97 Å². The van der Waals surface area contributed by atoms with E-state index < -0.39 is 5.97 Å². The first-order chi connectivity index (χ1) is 17.0. The summed E-state index contributed by atoms with van der Waals surface area (Å²) >= 11 is 6.62. The summed E-state index contributed by atoms with van der Waals surface area (Å²) in [5.41, 5.74) is 3.85. The summed E-state index contributed by atoms with van der Waals surface area (Å²) in [5.74, 6) is 1.58. The molecule has 0 N–H and O–H groups in total. The number of benzene rings is 3. The fourth-order valence-corrected chi connectivity index (χ4v) is 4.62. The van der Waals surface area contributed by atoms with Gasteiger partial charge in [0.25, 0.3) is 0 Å². The molecule has 0 aliphatic carbocycles. The van der Waals surface area contributed by atoms with Crippen molar-refractivity contribution in [2.75, 3.05) is 13.4 Å². The number of hydrogen-bond acceptors (Lipinski definition) is 5. The normalized spacial score (nSPS) is 12.4. The van der Waals surface area contributed by atoms with E-state index in [1.165, 1.54) is 0 Å². The molecule has 2 heterocycles. The van der Waals surface area contributed by atoms with Crippen LogP contribution in [0.15, 0.2) is 60.7 Å². The van der Waals surface area contributed by atoms with Crippen LogP contribution in [-0.2, 0) is 11.3 Å². The van der Waals surface area contributed by atoms with Crippen LogP contribution in [0.1, 0.15) is 36.8 Å². The summed E-state index contributed by atoms with van der Waals surface area (Å²) in [6.45, 7) is 6.54. The third-order valence-corrected chi connectivity index (χ3v) is 6.16. The van der Waals surface area contributed by atoms with Gasteiger partial charge in [-0.1, -0.05) is 41.9 Å². The second kappa shape index (κ2) is 9.55. The van der Waals surface area contributed by atoms with Crippen molar-refractivity contribution in [3.63, 3.8) is 0 Å². The van der Waals surface area contributed by atoms with Crippen LogP contribution in [0.3, 0.4) is 0 Å². The Morgan fingerprint density at radius 3 is 2.51 bits per heavy atom. The minimum atomic E-state index is -0.397. The van der Waals surface area contributed by atoms with Crippen LogP contribution in [0.2, 0.25) is 5.02 Å². The van der Waals surface area contributed by atoms with Gasteiger partial charge in [0.05, 0.1) is 19.3 Å². The van der Waals surface area contributed by atoms with Gasteiger partial charge < -0.3 is 23.5 Å². The van der Waals surface area contributed by atoms with E-state index in [2.05, 4.69) is 0 Å². The summed E-state index contributed by atoms with van der Waals surface area (Å²) in [6, 6.07) is 19.3. The molecule has 0 radical (unpaired) electrons. The second-order valence-corrected chi connectivity index (χ2v) is 8.95. The quantitative estimate of drug-likeness (QED) is 0.269. The Morgan fingerprint density at radius 2 is 1.80 bits per heavy atom. The smallest absolute Gasteiger partial charge is 0.355 e. The lowest BCUT2D eigenvalue weighted by molar-refractivity contribution is 0.0516. The highest BCUT2D eigenvalue weighted by Gasteiger charge is 2.27. The van der Waals surface area contributed by atoms with Crippen molar-refractivity contribution in [2.24, 2.45) is 0 Å². The maximum atomic E-state index is 13.4. The maximum Gasteiger partial charge on any atom is 0.355 e. The van der Waals surface area contributed by atoms with Crippen molar-refractivity contribution in [1.82, 2.24) is 4.57 Å². The number of esters is 1. The number of fused-ring (bicyclic) bond motifs is 2. The fraction of sp³-hybridized carbons (Fsp3) is 0.250. The summed E-state index contributed by atoms with van der Waals surface area (Å²) in [7, 11) is 0. The summed E-state index contributed by atoms with van der Waals surface area (Å²) in [5, 5.41) is 1.43. The van der Waals surface area contributed by atoms with Crippen molar-refractivity contribution in [3.8, 4) is 28.4 Å². The van der Waals surface area contributed by atoms with Gasteiger partial charge in [-0.05, 0) is 56.2 Å². The molecule has 180 valence electrons. The molecule has 0 amide bonds. The highest BCUT2D eigenvalue weighted by atomic mass is 35.5. The molecule has 0 atom stereocenters. The SMILES string of the molecule is CCOC(=O)c1c(-c2ccccc2)c2cc(OC(C)C)ccc2n1Cc1cc2c(cc1Cl)OCO2. The lowest BCUT2D eigenvalue weighted by Crippen LogP contribution is -2.14. The van der Waals surface area contributed by atoms with Gasteiger partial charge in [0.2, 0.25) is 6.79 Å². The predicted molar refractivity (Wildman–Crippen MR) is 136 cm³/mol. The average molecular weight is 492 g/mol. The molecule has 1 aliphatic rings. The van der Waals surface area contributed by atoms with Gasteiger partial charge in [0, 0.05) is 27.6 Å². The summed E-state index contributed by atoms with van der Waals surface area (Å²) in [6.07, 6.45) is 0.0201. The Labute approximate surface area is 208 Å². The van der Waals surface area contributed by atoms with E-state index in [0.717, 1.165) is 33.3 Å². The number of nitrogens with zero attached hydrogens (tertiary/aromatic N) is 1. The second-order valence-electron chi connectivity index (χ2n) is 8.54. The summed E-state index contributed by atoms with van der Waals surface area (Å²) < 4.78 is 24.5. The Bertz CT molecular complexity index is 1390. The lowest BCUT2D eigenvalue weighted by Gasteiger charge is -2.14. The number of hydrogen-bond donors (Lipinski definition) is 0. The molecule has 0 saturated carbocycles. The Morgan fingerprint density at radius 1 is 1.06 bits per heavy atom. The van der Waals surface area contributed by atoms with Crippen LogP contribution in [0.5, 0.6) is 17.2 Å². The Kier molecular flexibility index (Phi) is 6.31. The standard InChI is InChI=1S/C28H26ClNO5/c1-4-32-28(31)27-26(18-8-6-5-7-9-18)21-13-20(35-17(2)3)10-11-23(21)30(27)15-19-12-24-25(14-22(19)29)34-16-33-24/h5-14,17H,4,15-16H2,1-3H3. The molecule has 0 saturated heterocycles. The van der Waals surface area contributed by atoms with Crippen molar-refractivity contribution < 1.29 is 23.7 Å². The first-order valence-corrected chi connectivity index (χ1v) is 12.0. The van der Waals surface area contributed by atoms with E-state index in [4.69, 9.17) is 30.5 Å². The van der Waals surface area contributed by atoms with E-state index in [-0.39, 0.29) is 19.5 Å². The number of carbonyl (C=O) groups is 1. The largest absolute Gasteiger partial charge is 0.491 e. The van der Waals surface area contributed by atoms with Crippen LogP contribution in [0, 0.1) is 0 Å². The van der Waals surface area contributed by atoms with Gasteiger partial charge in [-0.3, -0.25) is 0 Å². The third kappa shape index (κ3) is 4.42. The Hall–Kier alpha value is -3.64. The number of ether oxygens (including phenoxy) is 4. The van der Waals surface area contributed by atoms with Crippen LogP contribution < -0.4 is 14.2 Å². The molecule has 7 heteroatoms. The zero-order valence-corrected chi connectivity index (χ0v) is 20.6. The number of aromatic nitrogens is 1. The van der Waals surface area contributed by atoms with E-state index in [9.17, 15) is 4.79 Å². The van der Waals surface area contributed by atoms with E-state index in [1.54, 1.807) is 13.0 Å². The molecule has 1 aromatic heterocycles. The van der Waals surface area contributed by atoms with E-state index in [0.29, 0.717) is 28.8 Å². The molecule has 0 bridgehead atoms. The van der Waals surface area contributed by atoms with Gasteiger partial charge in [-0.25, -0.2) is 4.79 Å². The molecule has 0 fully saturated rings. The predicted octanol–water partition coefficient (Wildman–Crippen LogP) is 6.70. The minimum Gasteiger partial charge on any atom is -0.491 e. The van der Waals surface area contributed by atoms with Crippen molar-refractivity contribution in [1.29, 1.82) is 0 Å². The zero-order valence-electron chi connectivity index (χ0n) is 19.8. The first kappa shape index (κ1) is 23.1. The van der Waals surface area contributed by atoms with Crippen molar-refractivity contribution in [2.45, 2.75) is 33.4 Å². The van der Waals surface area contributed by atoms with Crippen LogP contribution in [-0.4, -0.2) is 30.0 Å². The van der Waals surface area contributed by atoms with Gasteiger partial charge in [0.1, 0.15) is 11.4 Å². The van der Waals surface area contributed by atoms with Crippen LogP contribution >= 0.6 is 11.6 Å². The highest BCUT2D eigenvalue weighted by Crippen LogP contribution is 2.41. The fourth-order valence-electron chi connectivity index (χ4n) is 4.40. The molecule has 1 aliphatic heterocycles. The van der Waals surface area contributed by atoms with Crippen molar-refractivity contribution in [3.05, 3.63) is 76.9 Å². The molecule has 0 unspecified atom stereocenters. The number of carbonyl (C=O) groups excluding carboxylic acids is 1. The number of halogens is 1. The summed E-state index contributed by atoms with van der Waals surface area (Å²) in [4.78, 5) is 13.4. The maximum absolute atomic E-state index is 13.4. The minimum absolute atomic E-state index is 0.0201. The Balaban J connectivity index is 1.76. The van der Waals surface area contributed by atoms with Crippen molar-refractivity contribution >= 4 is 28.5 Å². The first-order valence-electron chi connectivity index (χ1n) is 11.6. The molecular formula is C28H26ClNO5. The van der Waals surface area contributed by atoms with E-state index >= 15 is 0 Å². The molecule has 35 heavy (non-hydrogen) atoms. The average Bonchev–Trinajstić information content (AvgIpc) is 3.41. The molecule has 0 spiro atoms. The van der Waals surface area contributed by atoms with Gasteiger partial charge in [-0.15, -0.1) is 0 Å². The molecule has 5 rings (SSSR count). The molecule has 3 aromatic carbocycles. The monoisotopic (exact) mass is 491 g/mol. The van der Waals surface area contributed by atoms with Crippen LogP contribution in [0.4, 0.5) is 0 Å². The third-order valence-electron chi connectivity index (χ3n) is 5.81. The van der Waals surface area contributed by atoms with Gasteiger partial charge in [-0.2, -0.15) is 0 Å². The van der Waals surface area contributed by atoms with E-state index in [1.807, 2.05) is 73.0 Å². The van der Waals surface area contributed by atoms with Gasteiger partial charge in [0.15, 0.2) is 11.5 Å².